The molecule has 1 aliphatic carbocycles. The molecular formula is C11H11F6FeP. The summed E-state index contributed by atoms with van der Waals surface area (Å²) in [5.41, 5.74) is 0. The number of hydrogen-bond donors (Lipinski definition) is 0. The second kappa shape index (κ2) is 6.12. The fraction of sp³-hybridized carbons (Fsp3) is 0.0909. The minimum Gasteiger partial charge on any atom is -0.0623 e. The maximum atomic E-state index is 9.87. The van der Waals surface area contributed by atoms with Crippen LogP contribution in [0.4, 0.5) is 25.2 Å². The van der Waals surface area contributed by atoms with Crippen molar-refractivity contribution in [2.24, 2.45) is 0 Å². The van der Waals surface area contributed by atoms with Crippen LogP contribution in [0, 0.1) is 0 Å². The predicted octanol–water partition coefficient (Wildman–Crippen LogP) is 6.45. The van der Waals surface area contributed by atoms with Gasteiger partial charge in [0.2, 0.25) is 0 Å². The van der Waals surface area contributed by atoms with Crippen molar-refractivity contribution < 1.29 is 41.2 Å². The van der Waals surface area contributed by atoms with E-state index in [1.807, 2.05) is 48.6 Å². The molecule has 0 spiro atoms. The molecule has 0 heterocycles. The largest absolute Gasteiger partial charge is 0.0623 e. The van der Waals surface area contributed by atoms with Gasteiger partial charge >= 0.3 is 78.1 Å². The minimum absolute atomic E-state index is 1.06. The summed E-state index contributed by atoms with van der Waals surface area (Å²) < 4.78 is 60.4. The summed E-state index contributed by atoms with van der Waals surface area (Å²) in [6, 6.07) is 12.0. The van der Waals surface area contributed by atoms with Crippen molar-refractivity contribution >= 4 is 7.81 Å². The summed E-state index contributed by atoms with van der Waals surface area (Å²) in [5, 5.41) is 0. The molecule has 8 heteroatoms. The smallest absolute Gasteiger partial charge is 0.0623 e. The third-order valence-electron chi connectivity index (χ3n) is 1.38. The van der Waals surface area contributed by atoms with E-state index in [1.54, 1.807) is 0 Å². The molecule has 1 aromatic carbocycles. The van der Waals surface area contributed by atoms with Crippen molar-refractivity contribution in [1.29, 1.82) is 0 Å². The van der Waals surface area contributed by atoms with Gasteiger partial charge in [-0.2, -0.15) is 0 Å². The molecule has 0 aromatic heterocycles. The second-order valence-electron chi connectivity index (χ2n) is 3.34. The summed E-state index contributed by atoms with van der Waals surface area (Å²) in [4.78, 5) is 0. The van der Waals surface area contributed by atoms with E-state index in [9.17, 15) is 25.2 Å². The Kier molecular flexibility index (Phi) is 5.87. The quantitative estimate of drug-likeness (QED) is 0.288. The number of rotatable bonds is 0. The molecule has 0 N–H and O–H groups in total. The molecule has 0 unspecified atom stereocenters. The Morgan fingerprint density at radius 1 is 0.789 bits per heavy atom. The second-order valence-corrected chi connectivity index (χ2v) is 5.97. The average molecular weight is 344 g/mol. The molecule has 2 rings (SSSR count). The van der Waals surface area contributed by atoms with Crippen LogP contribution in [0.5, 0.6) is 0 Å². The van der Waals surface area contributed by atoms with Crippen LogP contribution in [0.3, 0.4) is 0 Å². The third kappa shape index (κ3) is 26.7. The van der Waals surface area contributed by atoms with Crippen molar-refractivity contribution in [1.82, 2.24) is 0 Å². The van der Waals surface area contributed by atoms with Crippen molar-refractivity contribution in [3.8, 4) is 0 Å². The number of allylic oxidation sites excluding steroid dienone is 4. The maximum Gasteiger partial charge on any atom is -0.0623 e. The predicted molar refractivity (Wildman–Crippen MR) is 61.9 cm³/mol. The zero-order valence-electron chi connectivity index (χ0n) is 9.47. The summed E-state index contributed by atoms with van der Waals surface area (Å²) in [6.45, 7) is 0. The molecule has 0 bridgehead atoms. The molecule has 0 saturated carbocycles. The zero-order chi connectivity index (χ0) is 15.1. The molecule has 1 aromatic rings. The van der Waals surface area contributed by atoms with Gasteiger partial charge in [-0.1, -0.05) is 36.4 Å². The molecule has 110 valence electrons. The fourth-order valence-corrected chi connectivity index (χ4v) is 1.04. The first-order chi connectivity index (χ1) is 8.34. The van der Waals surface area contributed by atoms with Gasteiger partial charge in [-0.15, -0.1) is 0 Å². The van der Waals surface area contributed by atoms with Crippen LogP contribution < -0.4 is 0 Å². The topological polar surface area (TPSA) is 0 Å². The average Bonchev–Trinajstić information content (AvgIpc) is 2.68. The van der Waals surface area contributed by atoms with Gasteiger partial charge in [0.1, 0.15) is 0 Å². The zero-order valence-corrected chi connectivity index (χ0v) is 11.5. The summed E-state index contributed by atoms with van der Waals surface area (Å²) in [5.74, 6) is 0. The van der Waals surface area contributed by atoms with E-state index in [4.69, 9.17) is 0 Å². The van der Waals surface area contributed by atoms with Gasteiger partial charge in [0.05, 0.1) is 0 Å². The van der Waals surface area contributed by atoms with E-state index in [2.05, 4.69) is 22.1 Å². The van der Waals surface area contributed by atoms with Gasteiger partial charge in [0.15, 0.2) is 0 Å². The van der Waals surface area contributed by atoms with Gasteiger partial charge in [-0.3, -0.25) is 0 Å². The number of benzene rings is 1. The van der Waals surface area contributed by atoms with Crippen LogP contribution in [0.1, 0.15) is 6.42 Å². The van der Waals surface area contributed by atoms with Crippen molar-refractivity contribution in [3.05, 3.63) is 59.1 Å². The molecule has 0 saturated heterocycles. The van der Waals surface area contributed by atoms with Crippen LogP contribution in [0.2, 0.25) is 0 Å². The molecule has 0 nitrogen and oxygen atoms in total. The van der Waals surface area contributed by atoms with Gasteiger partial charge < -0.3 is 0 Å². The van der Waals surface area contributed by atoms with Gasteiger partial charge in [-0.05, 0) is 0 Å². The van der Waals surface area contributed by atoms with Gasteiger partial charge in [0, 0.05) is 0 Å². The van der Waals surface area contributed by atoms with Crippen LogP contribution in [-0.4, -0.2) is 0 Å². The number of hydrogen-bond acceptors (Lipinski definition) is 0. The van der Waals surface area contributed by atoms with E-state index in [0.717, 1.165) is 6.42 Å². The van der Waals surface area contributed by atoms with Crippen LogP contribution in [-0.2, 0) is 16.0 Å². The Labute approximate surface area is 115 Å². The van der Waals surface area contributed by atoms with E-state index >= 15 is 0 Å². The van der Waals surface area contributed by atoms with E-state index in [1.165, 1.54) is 4.47 Å². The van der Waals surface area contributed by atoms with Gasteiger partial charge in [0.25, 0.3) is 0 Å². The molecule has 0 radical (unpaired) electrons. The minimum atomic E-state index is -10.7. The molecule has 0 amide bonds. The summed E-state index contributed by atoms with van der Waals surface area (Å²) in [7, 11) is -10.7. The van der Waals surface area contributed by atoms with Crippen molar-refractivity contribution in [3.63, 3.8) is 0 Å². The van der Waals surface area contributed by atoms with Crippen LogP contribution in [0.25, 0.3) is 0 Å². The molecule has 0 fully saturated rings. The van der Waals surface area contributed by atoms with Gasteiger partial charge in [-0.25, -0.2) is 0 Å². The maximum absolute atomic E-state index is 10.7. The molecular weight excluding hydrogens is 333 g/mol. The normalized spacial score (nSPS) is 16.9. The molecule has 1 aliphatic rings. The van der Waals surface area contributed by atoms with E-state index in [0.29, 0.717) is 0 Å². The van der Waals surface area contributed by atoms with Crippen molar-refractivity contribution in [2.45, 2.75) is 6.42 Å². The van der Waals surface area contributed by atoms with E-state index < -0.39 is 7.81 Å². The Morgan fingerprint density at radius 2 is 1.11 bits per heavy atom. The fourth-order valence-electron chi connectivity index (χ4n) is 0.801. The van der Waals surface area contributed by atoms with Crippen LogP contribution in [0.15, 0.2) is 59.1 Å². The van der Waals surface area contributed by atoms with Crippen molar-refractivity contribution in [2.75, 3.05) is 0 Å². The van der Waals surface area contributed by atoms with Crippen LogP contribution >= 0.6 is 7.81 Å². The number of halogens is 6. The Balaban J connectivity index is 0.000000256. The first-order valence-electron chi connectivity index (χ1n) is 4.91. The Hall–Kier alpha value is -0.771. The monoisotopic (exact) mass is 344 g/mol. The molecule has 19 heavy (non-hydrogen) atoms. The Bertz CT molecular complexity index is 396. The summed E-state index contributed by atoms with van der Waals surface area (Å²) >= 11 is 3.74. The van der Waals surface area contributed by atoms with E-state index in [-0.39, 0.29) is 0 Å². The molecule has 0 aliphatic heterocycles. The standard InChI is InChI=1S/C6H6.C5H5.F6P.Fe/c1-2-4-6-5-3-1;1-2-4-5-3-1;1-7(2,3,4,5)6;/h1-6H;1-3H,4H2;;/q;;-1;+1. The SMILES string of the molecule is F[P-](F)(F)(F)(F)F.[Fe+][C]1=CC=CC1.c1ccccc1. The first-order valence-corrected chi connectivity index (χ1v) is 7.49. The Morgan fingerprint density at radius 3 is 1.21 bits per heavy atom. The summed E-state index contributed by atoms with van der Waals surface area (Å²) in [6.07, 6.45) is 7.21. The first kappa shape index (κ1) is 18.2. The molecule has 0 atom stereocenters. The third-order valence-corrected chi connectivity index (χ3v) is 1.79.